The highest BCUT2D eigenvalue weighted by atomic mass is 79.9. The Bertz CT molecular complexity index is 738. The topological polar surface area (TPSA) is 88.1 Å². The van der Waals surface area contributed by atoms with E-state index in [-0.39, 0.29) is 5.56 Å². The van der Waals surface area contributed by atoms with Crippen LogP contribution in [0, 0.1) is 11.3 Å². The fourth-order valence-electron chi connectivity index (χ4n) is 1.79. The minimum absolute atomic E-state index is 0.274. The van der Waals surface area contributed by atoms with Gasteiger partial charge in [0.15, 0.2) is 0 Å². The SMILES string of the molecule is COC(=O)c1cc(Nc2cc(Br)ccc2C#N)ccc1N. The molecule has 106 valence electrons. The van der Waals surface area contributed by atoms with Crippen LogP contribution in [-0.2, 0) is 4.74 Å². The number of halogens is 1. The number of carbonyl (C=O) groups is 1. The lowest BCUT2D eigenvalue weighted by Gasteiger charge is -2.11. The van der Waals surface area contributed by atoms with Crippen molar-refractivity contribution in [2.24, 2.45) is 0 Å². The molecule has 2 aromatic carbocycles. The first-order valence-corrected chi connectivity index (χ1v) is 6.79. The van der Waals surface area contributed by atoms with Crippen LogP contribution in [-0.4, -0.2) is 13.1 Å². The van der Waals surface area contributed by atoms with Gasteiger partial charge in [0.2, 0.25) is 0 Å². The Kier molecular flexibility index (Phi) is 4.45. The summed E-state index contributed by atoms with van der Waals surface area (Å²) >= 11 is 3.36. The molecule has 5 nitrogen and oxygen atoms in total. The van der Waals surface area contributed by atoms with Crippen molar-refractivity contribution < 1.29 is 9.53 Å². The molecule has 0 saturated carbocycles. The monoisotopic (exact) mass is 345 g/mol. The van der Waals surface area contributed by atoms with Crippen molar-refractivity contribution >= 4 is 39.0 Å². The molecule has 0 aliphatic carbocycles. The van der Waals surface area contributed by atoms with Gasteiger partial charge in [-0.05, 0) is 36.4 Å². The molecule has 2 aromatic rings. The number of methoxy groups -OCH3 is 1. The number of benzene rings is 2. The van der Waals surface area contributed by atoms with Gasteiger partial charge in [0.25, 0.3) is 0 Å². The van der Waals surface area contributed by atoms with E-state index >= 15 is 0 Å². The molecule has 0 radical (unpaired) electrons. The third-order valence-corrected chi connectivity index (χ3v) is 3.33. The van der Waals surface area contributed by atoms with Crippen LogP contribution in [0.4, 0.5) is 17.1 Å². The fourth-order valence-corrected chi connectivity index (χ4v) is 2.15. The molecule has 0 aliphatic heterocycles. The predicted molar refractivity (Wildman–Crippen MR) is 84.3 cm³/mol. The third kappa shape index (κ3) is 3.33. The van der Waals surface area contributed by atoms with Crippen LogP contribution in [0.15, 0.2) is 40.9 Å². The molecule has 2 rings (SSSR count). The van der Waals surface area contributed by atoms with Gasteiger partial charge in [-0.25, -0.2) is 4.79 Å². The van der Waals surface area contributed by atoms with E-state index in [1.54, 1.807) is 36.4 Å². The second-order valence-electron chi connectivity index (χ2n) is 4.22. The van der Waals surface area contributed by atoms with Gasteiger partial charge in [-0.15, -0.1) is 0 Å². The number of rotatable bonds is 3. The molecular weight excluding hydrogens is 334 g/mol. The van der Waals surface area contributed by atoms with Crippen LogP contribution < -0.4 is 11.1 Å². The number of hydrogen-bond donors (Lipinski definition) is 2. The molecule has 0 aromatic heterocycles. The smallest absolute Gasteiger partial charge is 0.340 e. The van der Waals surface area contributed by atoms with Crippen LogP contribution in [0.25, 0.3) is 0 Å². The summed E-state index contributed by atoms with van der Waals surface area (Å²) < 4.78 is 5.52. The molecule has 0 saturated heterocycles. The van der Waals surface area contributed by atoms with E-state index in [1.165, 1.54) is 7.11 Å². The summed E-state index contributed by atoms with van der Waals surface area (Å²) in [6, 6.07) is 12.3. The number of anilines is 3. The molecule has 0 fully saturated rings. The zero-order valence-corrected chi connectivity index (χ0v) is 12.8. The average Bonchev–Trinajstić information content (AvgIpc) is 2.48. The maximum absolute atomic E-state index is 11.6. The number of nitrogens with one attached hydrogen (secondary N) is 1. The number of ether oxygens (including phenoxy) is 1. The Morgan fingerprint density at radius 1 is 1.33 bits per heavy atom. The molecule has 0 aliphatic rings. The quantitative estimate of drug-likeness (QED) is 0.657. The summed E-state index contributed by atoms with van der Waals surface area (Å²) in [5.41, 5.74) is 8.13. The number of nitrogens with zero attached hydrogens (tertiary/aromatic N) is 1. The van der Waals surface area contributed by atoms with Crippen LogP contribution in [0.3, 0.4) is 0 Å². The standard InChI is InChI=1S/C15H12BrN3O2/c1-21-15(20)12-7-11(4-5-13(12)18)19-14-6-10(16)3-2-9(14)8-17/h2-7,19H,18H2,1H3. The zero-order valence-electron chi connectivity index (χ0n) is 11.2. The van der Waals surface area contributed by atoms with E-state index in [0.29, 0.717) is 22.6 Å². The van der Waals surface area contributed by atoms with E-state index in [0.717, 1.165) is 4.47 Å². The van der Waals surface area contributed by atoms with E-state index in [2.05, 4.69) is 32.1 Å². The molecule has 0 atom stereocenters. The van der Waals surface area contributed by atoms with Crippen molar-refractivity contribution in [1.82, 2.24) is 0 Å². The summed E-state index contributed by atoms with van der Waals surface area (Å²) in [6.45, 7) is 0. The number of carbonyl (C=O) groups excluding carboxylic acids is 1. The first-order valence-electron chi connectivity index (χ1n) is 5.99. The van der Waals surface area contributed by atoms with Crippen molar-refractivity contribution in [3.63, 3.8) is 0 Å². The Morgan fingerprint density at radius 3 is 2.76 bits per heavy atom. The van der Waals surface area contributed by atoms with Gasteiger partial charge in [-0.1, -0.05) is 15.9 Å². The molecule has 3 N–H and O–H groups in total. The Balaban J connectivity index is 2.39. The molecule has 0 heterocycles. The van der Waals surface area contributed by atoms with Gasteiger partial charge in [0.05, 0.1) is 23.9 Å². The first-order chi connectivity index (χ1) is 10.0. The number of nitriles is 1. The summed E-state index contributed by atoms with van der Waals surface area (Å²) in [6.07, 6.45) is 0. The summed E-state index contributed by atoms with van der Waals surface area (Å²) in [4.78, 5) is 11.6. The Labute approximate surface area is 130 Å². The summed E-state index contributed by atoms with van der Waals surface area (Å²) in [5, 5.41) is 12.2. The lowest BCUT2D eigenvalue weighted by atomic mass is 10.1. The van der Waals surface area contributed by atoms with E-state index in [4.69, 9.17) is 11.0 Å². The third-order valence-electron chi connectivity index (χ3n) is 2.84. The van der Waals surface area contributed by atoms with Crippen molar-refractivity contribution in [3.05, 3.63) is 52.0 Å². The van der Waals surface area contributed by atoms with E-state index in [1.807, 2.05) is 0 Å². The number of nitrogens with two attached hydrogens (primary N) is 1. The van der Waals surface area contributed by atoms with Gasteiger partial charge in [-0.3, -0.25) is 0 Å². The highest BCUT2D eigenvalue weighted by molar-refractivity contribution is 9.10. The Morgan fingerprint density at radius 2 is 2.10 bits per heavy atom. The summed E-state index contributed by atoms with van der Waals surface area (Å²) in [5.74, 6) is -0.508. The maximum Gasteiger partial charge on any atom is 0.340 e. The summed E-state index contributed by atoms with van der Waals surface area (Å²) in [7, 11) is 1.30. The van der Waals surface area contributed by atoms with Crippen molar-refractivity contribution in [1.29, 1.82) is 5.26 Å². The Hall–Kier alpha value is -2.52. The van der Waals surface area contributed by atoms with Gasteiger partial charge in [0.1, 0.15) is 6.07 Å². The van der Waals surface area contributed by atoms with Gasteiger partial charge in [-0.2, -0.15) is 5.26 Å². The minimum atomic E-state index is -0.508. The van der Waals surface area contributed by atoms with Gasteiger partial charge in [0, 0.05) is 15.8 Å². The average molecular weight is 346 g/mol. The number of esters is 1. The van der Waals surface area contributed by atoms with Crippen LogP contribution in [0.2, 0.25) is 0 Å². The van der Waals surface area contributed by atoms with Crippen LogP contribution in [0.5, 0.6) is 0 Å². The van der Waals surface area contributed by atoms with Crippen molar-refractivity contribution in [3.8, 4) is 6.07 Å². The molecule has 21 heavy (non-hydrogen) atoms. The molecule has 6 heteroatoms. The van der Waals surface area contributed by atoms with Crippen LogP contribution in [0.1, 0.15) is 15.9 Å². The lowest BCUT2D eigenvalue weighted by Crippen LogP contribution is -2.06. The van der Waals surface area contributed by atoms with Gasteiger partial charge < -0.3 is 15.8 Å². The fraction of sp³-hybridized carbons (Fsp3) is 0.0667. The highest BCUT2D eigenvalue weighted by Gasteiger charge is 2.11. The largest absolute Gasteiger partial charge is 0.465 e. The number of nitrogen functional groups attached to an aromatic ring is 1. The molecule has 0 unspecified atom stereocenters. The van der Waals surface area contributed by atoms with E-state index < -0.39 is 5.97 Å². The lowest BCUT2D eigenvalue weighted by molar-refractivity contribution is 0.0602. The molecule has 0 spiro atoms. The molecular formula is C15H12BrN3O2. The minimum Gasteiger partial charge on any atom is -0.465 e. The van der Waals surface area contributed by atoms with Crippen molar-refractivity contribution in [2.75, 3.05) is 18.2 Å². The second kappa shape index (κ2) is 6.29. The second-order valence-corrected chi connectivity index (χ2v) is 5.14. The normalized spacial score (nSPS) is 9.76. The zero-order chi connectivity index (χ0) is 15.4. The molecule has 0 bridgehead atoms. The maximum atomic E-state index is 11.6. The molecule has 0 amide bonds. The van der Waals surface area contributed by atoms with Gasteiger partial charge >= 0.3 is 5.97 Å². The predicted octanol–water partition coefficient (Wildman–Crippen LogP) is 3.43. The first kappa shape index (κ1) is 14.9. The van der Waals surface area contributed by atoms with Crippen molar-refractivity contribution in [2.45, 2.75) is 0 Å². The van der Waals surface area contributed by atoms with E-state index in [9.17, 15) is 4.79 Å². The van der Waals surface area contributed by atoms with Crippen LogP contribution >= 0.6 is 15.9 Å². The highest BCUT2D eigenvalue weighted by Crippen LogP contribution is 2.26. The number of hydrogen-bond acceptors (Lipinski definition) is 5.